The molecule has 0 heterocycles. The Balaban J connectivity index is 3.28. The first-order chi connectivity index (χ1) is 7.82. The van der Waals surface area contributed by atoms with Gasteiger partial charge in [0.1, 0.15) is 5.41 Å². The van der Waals surface area contributed by atoms with E-state index in [1.54, 1.807) is 6.08 Å². The highest BCUT2D eigenvalue weighted by Crippen LogP contribution is 2.44. The third kappa shape index (κ3) is 2.80. The number of allylic oxidation sites excluding steroid dienone is 2. The summed E-state index contributed by atoms with van der Waals surface area (Å²) in [4.78, 5) is 22.3. The molecule has 0 bridgehead atoms. The molecule has 2 N–H and O–H groups in total. The lowest BCUT2D eigenvalue weighted by Gasteiger charge is -2.30. The van der Waals surface area contributed by atoms with Crippen molar-refractivity contribution in [2.24, 2.45) is 5.41 Å². The topological polar surface area (TPSA) is 74.6 Å². The number of rotatable bonds is 4. The van der Waals surface area contributed by atoms with E-state index in [9.17, 15) is 14.7 Å². The molecule has 4 nitrogen and oxygen atoms in total. The zero-order chi connectivity index (χ0) is 13.2. The Bertz CT molecular complexity index is 425. The maximum absolute atomic E-state index is 11.3. The number of carboxylic acid groups (broad SMARTS) is 2. The fourth-order valence-corrected chi connectivity index (χ4v) is 2.78. The third-order valence-corrected chi connectivity index (χ3v) is 4.55. The van der Waals surface area contributed by atoms with Crippen molar-refractivity contribution < 1.29 is 19.8 Å². The van der Waals surface area contributed by atoms with Crippen LogP contribution in [0.4, 0.5) is 0 Å². The molecule has 0 spiro atoms. The smallest absolute Gasteiger partial charge is 0.331 e. The zero-order valence-corrected chi connectivity index (χ0v) is 12.3. The van der Waals surface area contributed by atoms with Gasteiger partial charge in [0.25, 0.3) is 0 Å². The van der Waals surface area contributed by atoms with Crippen LogP contribution in [-0.4, -0.2) is 27.5 Å². The van der Waals surface area contributed by atoms with Crippen molar-refractivity contribution in [3.63, 3.8) is 0 Å². The first kappa shape index (κ1) is 14.4. The number of hydrogen-bond donors (Lipinski definition) is 2. The summed E-state index contributed by atoms with van der Waals surface area (Å²) in [6, 6.07) is 0. The molecule has 6 heteroatoms. The standard InChI is InChI=1S/C11H12Br2O4/c1-11(10(16)17)5-7(9(14)15)4-6(2-3-12)8(11)13/h4H,2-3,5H2,1H3,(H,14,15)(H,16,17). The van der Waals surface area contributed by atoms with Gasteiger partial charge in [-0.1, -0.05) is 31.9 Å². The van der Waals surface area contributed by atoms with Crippen LogP contribution in [0.2, 0.25) is 0 Å². The quantitative estimate of drug-likeness (QED) is 0.749. The van der Waals surface area contributed by atoms with E-state index in [1.807, 2.05) is 0 Å². The predicted molar refractivity (Wildman–Crippen MR) is 70.4 cm³/mol. The average molecular weight is 368 g/mol. The Labute approximate surface area is 116 Å². The summed E-state index contributed by atoms with van der Waals surface area (Å²) < 4.78 is 0.557. The van der Waals surface area contributed by atoms with Crippen molar-refractivity contribution in [2.75, 3.05) is 5.33 Å². The van der Waals surface area contributed by atoms with Crippen LogP contribution in [0.25, 0.3) is 0 Å². The summed E-state index contributed by atoms with van der Waals surface area (Å²) in [5.41, 5.74) is -0.343. The van der Waals surface area contributed by atoms with Gasteiger partial charge in [0, 0.05) is 15.4 Å². The second-order valence-corrected chi connectivity index (χ2v) is 5.65. The van der Waals surface area contributed by atoms with Gasteiger partial charge in [-0.25, -0.2) is 4.79 Å². The van der Waals surface area contributed by atoms with E-state index in [2.05, 4.69) is 31.9 Å². The minimum Gasteiger partial charge on any atom is -0.481 e. The summed E-state index contributed by atoms with van der Waals surface area (Å²) in [7, 11) is 0. The predicted octanol–water partition coefficient (Wildman–Crippen LogP) is 2.93. The molecule has 0 amide bonds. The summed E-state index contributed by atoms with van der Waals surface area (Å²) in [6.07, 6.45) is 2.13. The van der Waals surface area contributed by atoms with E-state index in [1.165, 1.54) is 6.92 Å². The van der Waals surface area contributed by atoms with E-state index in [0.717, 1.165) is 5.57 Å². The van der Waals surface area contributed by atoms with Crippen LogP contribution in [-0.2, 0) is 9.59 Å². The highest BCUT2D eigenvalue weighted by atomic mass is 79.9. The second-order valence-electron chi connectivity index (χ2n) is 4.07. The second kappa shape index (κ2) is 5.35. The van der Waals surface area contributed by atoms with Crippen LogP contribution in [0, 0.1) is 5.41 Å². The van der Waals surface area contributed by atoms with E-state index in [4.69, 9.17) is 5.11 Å². The summed E-state index contributed by atoms with van der Waals surface area (Å²) in [5.74, 6) is -2.09. The molecule has 0 saturated carbocycles. The summed E-state index contributed by atoms with van der Waals surface area (Å²) >= 11 is 6.56. The van der Waals surface area contributed by atoms with Gasteiger partial charge < -0.3 is 10.2 Å². The number of carbonyl (C=O) groups is 2. The Morgan fingerprint density at radius 2 is 2.06 bits per heavy atom. The van der Waals surface area contributed by atoms with Gasteiger partial charge in [-0.3, -0.25) is 4.79 Å². The molecule has 1 rings (SSSR count). The van der Waals surface area contributed by atoms with Crippen LogP contribution < -0.4 is 0 Å². The molecule has 0 saturated heterocycles. The van der Waals surface area contributed by atoms with Crippen molar-refractivity contribution in [1.82, 2.24) is 0 Å². The number of carboxylic acids is 2. The molecule has 1 aliphatic rings. The zero-order valence-electron chi connectivity index (χ0n) is 9.17. The van der Waals surface area contributed by atoms with Gasteiger partial charge in [0.2, 0.25) is 0 Å². The lowest BCUT2D eigenvalue weighted by atomic mass is 9.77. The molecule has 0 aromatic rings. The van der Waals surface area contributed by atoms with Crippen molar-refractivity contribution in [2.45, 2.75) is 19.8 Å². The minimum atomic E-state index is -1.19. The Morgan fingerprint density at radius 3 is 2.47 bits per heavy atom. The van der Waals surface area contributed by atoms with E-state index in [-0.39, 0.29) is 12.0 Å². The van der Waals surface area contributed by atoms with Gasteiger partial charge >= 0.3 is 11.9 Å². The molecule has 94 valence electrons. The molecule has 0 radical (unpaired) electrons. The number of hydrogen-bond acceptors (Lipinski definition) is 2. The molecular formula is C11H12Br2O4. The van der Waals surface area contributed by atoms with Gasteiger partial charge in [-0.15, -0.1) is 0 Å². The van der Waals surface area contributed by atoms with Crippen LogP contribution in [0.1, 0.15) is 19.8 Å². The van der Waals surface area contributed by atoms with Crippen LogP contribution in [0.15, 0.2) is 21.7 Å². The Kier molecular flexibility index (Phi) is 4.55. The fraction of sp³-hybridized carbons (Fsp3) is 0.455. The maximum Gasteiger partial charge on any atom is 0.331 e. The first-order valence-corrected chi connectivity index (χ1v) is 6.86. The minimum absolute atomic E-state index is 0.00989. The molecule has 17 heavy (non-hydrogen) atoms. The van der Waals surface area contributed by atoms with E-state index >= 15 is 0 Å². The van der Waals surface area contributed by atoms with Crippen LogP contribution in [0.5, 0.6) is 0 Å². The average Bonchev–Trinajstić information content (AvgIpc) is 2.24. The summed E-state index contributed by atoms with van der Waals surface area (Å²) in [5, 5.41) is 18.9. The highest BCUT2D eigenvalue weighted by molar-refractivity contribution is 9.11. The van der Waals surface area contributed by atoms with Gasteiger partial charge in [0.15, 0.2) is 0 Å². The molecule has 1 unspecified atom stereocenters. The van der Waals surface area contributed by atoms with Crippen molar-refractivity contribution >= 4 is 43.8 Å². The maximum atomic E-state index is 11.3. The molecule has 0 aromatic carbocycles. The first-order valence-electron chi connectivity index (χ1n) is 4.95. The number of halogens is 2. The van der Waals surface area contributed by atoms with Crippen LogP contribution in [0.3, 0.4) is 0 Å². The van der Waals surface area contributed by atoms with Gasteiger partial charge in [0.05, 0.1) is 0 Å². The van der Waals surface area contributed by atoms with E-state index < -0.39 is 17.4 Å². The Morgan fingerprint density at radius 1 is 1.47 bits per heavy atom. The lowest BCUT2D eigenvalue weighted by molar-refractivity contribution is -0.145. The molecule has 1 atom stereocenters. The van der Waals surface area contributed by atoms with Crippen molar-refractivity contribution in [1.29, 1.82) is 0 Å². The highest BCUT2D eigenvalue weighted by Gasteiger charge is 2.42. The monoisotopic (exact) mass is 366 g/mol. The largest absolute Gasteiger partial charge is 0.481 e. The van der Waals surface area contributed by atoms with E-state index in [0.29, 0.717) is 16.2 Å². The number of aliphatic carboxylic acids is 2. The van der Waals surface area contributed by atoms with Gasteiger partial charge in [-0.05, 0) is 31.4 Å². The fourth-order valence-electron chi connectivity index (χ4n) is 1.73. The molecule has 0 aliphatic heterocycles. The normalized spacial score (nSPS) is 24.5. The molecule has 0 fully saturated rings. The van der Waals surface area contributed by atoms with Crippen molar-refractivity contribution in [3.05, 3.63) is 21.7 Å². The lowest BCUT2D eigenvalue weighted by Crippen LogP contribution is -2.32. The molecule has 1 aliphatic carbocycles. The summed E-state index contributed by atoms with van der Waals surface area (Å²) in [6.45, 7) is 1.53. The van der Waals surface area contributed by atoms with Gasteiger partial charge in [-0.2, -0.15) is 0 Å². The SMILES string of the molecule is CC1(C(=O)O)CC(C(=O)O)=CC(CCBr)=C1Br. The third-order valence-electron chi connectivity index (χ3n) is 2.77. The Hall–Kier alpha value is -0.620. The van der Waals surface area contributed by atoms with Crippen LogP contribution >= 0.6 is 31.9 Å². The molecular weight excluding hydrogens is 356 g/mol. The number of alkyl halides is 1. The van der Waals surface area contributed by atoms with Crippen molar-refractivity contribution in [3.8, 4) is 0 Å². The molecule has 0 aromatic heterocycles.